The fourth-order valence-electron chi connectivity index (χ4n) is 11.5. The molecule has 4 aliphatic rings. The molecule has 13 nitrogen and oxygen atoms in total. The second kappa shape index (κ2) is 23.6. The highest BCUT2D eigenvalue weighted by molar-refractivity contribution is 6.06. The average Bonchev–Trinajstić information content (AvgIpc) is 3.39. The molecule has 4 aromatic carbocycles. The molecule has 3 N–H and O–H groups in total. The maximum atomic E-state index is 14.5. The number of carbonyl (C=O) groups excluding carboxylic acids is 5. The van der Waals surface area contributed by atoms with Crippen molar-refractivity contribution in [2.45, 2.75) is 154 Å². The van der Waals surface area contributed by atoms with Crippen LogP contribution in [-0.4, -0.2) is 102 Å². The molecule has 8 rings (SSSR count). The van der Waals surface area contributed by atoms with Crippen LogP contribution in [-0.2, 0) is 20.6 Å². The number of hydrogen-bond acceptors (Lipinski definition) is 8. The molecule has 16 heteroatoms. The highest BCUT2D eigenvalue weighted by Gasteiger charge is 2.46. The third-order valence-electron chi connectivity index (χ3n) is 15.3. The number of aryl methyl sites for hydroxylation is 1. The Morgan fingerprint density at radius 2 is 1.11 bits per heavy atom. The van der Waals surface area contributed by atoms with E-state index in [4.69, 9.17) is 15.2 Å². The largest absolute Gasteiger partial charge is 0.476 e. The first kappa shape index (κ1) is 56.3. The van der Waals surface area contributed by atoms with E-state index >= 15 is 0 Å². The lowest BCUT2D eigenvalue weighted by atomic mass is 9.79. The Morgan fingerprint density at radius 3 is 1.56 bits per heavy atom. The van der Waals surface area contributed by atoms with Crippen molar-refractivity contribution in [2.24, 2.45) is 5.73 Å². The lowest BCUT2D eigenvalue weighted by molar-refractivity contribution is -0.138. The predicted molar refractivity (Wildman–Crippen MR) is 285 cm³/mol. The molecule has 0 unspecified atom stereocenters. The van der Waals surface area contributed by atoms with Crippen molar-refractivity contribution in [1.29, 1.82) is 0 Å². The van der Waals surface area contributed by atoms with E-state index in [9.17, 15) is 37.1 Å². The monoisotopic (exact) mass is 1040 g/mol. The maximum absolute atomic E-state index is 14.5. The van der Waals surface area contributed by atoms with E-state index in [1.807, 2.05) is 60.4 Å². The minimum Gasteiger partial charge on any atom is -0.476 e. The number of halogens is 3. The lowest BCUT2D eigenvalue weighted by Gasteiger charge is -2.41. The Bertz CT molecular complexity index is 2700. The molecule has 2 saturated carbocycles. The number of alkyl halides is 3. The summed E-state index contributed by atoms with van der Waals surface area (Å²) in [7, 11) is 0. The molecular weight excluding hydrogens is 962 g/mol. The zero-order valence-corrected chi connectivity index (χ0v) is 44.9. The normalized spacial score (nSPS) is 20.8. The summed E-state index contributed by atoms with van der Waals surface area (Å²) in [5.41, 5.74) is 6.34. The molecule has 0 radical (unpaired) electrons. The van der Waals surface area contributed by atoms with Crippen LogP contribution < -0.4 is 30.3 Å². The number of likely N-dealkylation sites (N-methyl/N-ethyl adjacent to an activating group) is 2. The van der Waals surface area contributed by atoms with Crippen molar-refractivity contribution in [3.05, 3.63) is 118 Å². The van der Waals surface area contributed by atoms with Gasteiger partial charge in [0.25, 0.3) is 23.6 Å². The Balaban J connectivity index is 0.000000222. The molecule has 404 valence electrons. The molecule has 75 heavy (non-hydrogen) atoms. The molecule has 0 saturated heterocycles. The Hall–Kier alpha value is -6.42. The summed E-state index contributed by atoms with van der Waals surface area (Å²) >= 11 is 0. The van der Waals surface area contributed by atoms with Gasteiger partial charge in [-0.1, -0.05) is 93.3 Å². The quantitative estimate of drug-likeness (QED) is 0.127. The minimum absolute atomic E-state index is 0.00481. The number of nitrogens with one attached hydrogen (secondary N) is 1. The number of carbonyl (C=O) groups is 5. The summed E-state index contributed by atoms with van der Waals surface area (Å²) in [6, 6.07) is 25.9. The summed E-state index contributed by atoms with van der Waals surface area (Å²) in [5.74, 6) is -0.728. The topological polar surface area (TPSA) is 155 Å². The maximum Gasteiger partial charge on any atom is 0.417 e. The van der Waals surface area contributed by atoms with Gasteiger partial charge in [0.15, 0.2) is 11.2 Å². The van der Waals surface area contributed by atoms with Gasteiger partial charge >= 0.3 is 6.18 Å². The van der Waals surface area contributed by atoms with Gasteiger partial charge < -0.3 is 40.1 Å². The number of nitrogens with zero attached hydrogens (tertiary/aromatic N) is 4. The van der Waals surface area contributed by atoms with Crippen LogP contribution in [0.2, 0.25) is 0 Å². The standard InChI is InChI=1S/C31H38F3N3O4.C28H37N3O3/c1-5-27(38)35-16-17-37-25-18-22(23(31(32,33)34)19-26(25)41-30(3,4)29(37)40)28(39)36(6-2)24-15-11-10-14-21(24)20-12-8-7-9-13-20;1-5-30(23-14-10-9-13-21(23)20-11-7-6-8-12-20)26(32)22-18-24-25(17-19(22)2)34-28(3,4)27(33)31(24)16-15-29/h7-9,12-13,18-19,21,24H,5-6,10-11,14-17H2,1-4H3,(H,35,38);6-8,11-12,17-18,21,23H,5,9-10,13-16,29H2,1-4H3/t21-,24+;21-,23+/m11/s1. The van der Waals surface area contributed by atoms with Crippen LogP contribution in [0.3, 0.4) is 0 Å². The number of ether oxygens (including phenoxy) is 2. The van der Waals surface area contributed by atoms with Gasteiger partial charge in [-0.15, -0.1) is 0 Å². The van der Waals surface area contributed by atoms with Crippen molar-refractivity contribution < 1.29 is 46.6 Å². The third kappa shape index (κ3) is 12.2. The number of hydrogen-bond donors (Lipinski definition) is 2. The van der Waals surface area contributed by atoms with E-state index in [2.05, 4.69) is 36.5 Å². The van der Waals surface area contributed by atoms with E-state index in [0.29, 0.717) is 49.0 Å². The molecule has 2 aliphatic heterocycles. The zero-order chi connectivity index (χ0) is 54.4. The SMILES string of the molecule is CCC(=O)NCCN1C(=O)C(C)(C)Oc2cc(C(F)(F)F)c(C(=O)N(CC)[C@H]3CCCC[C@@H]3c3ccccc3)cc21.CCN(C(=O)c1cc2c(cc1C)OC(C)(C)C(=O)N2CCN)[C@H]1CCCC[C@@H]1c1ccccc1. The Morgan fingerprint density at radius 1 is 0.667 bits per heavy atom. The summed E-state index contributed by atoms with van der Waals surface area (Å²) < 4.78 is 55.2. The highest BCUT2D eigenvalue weighted by atomic mass is 19.4. The van der Waals surface area contributed by atoms with E-state index < -0.39 is 40.3 Å². The third-order valence-corrected chi connectivity index (χ3v) is 15.3. The average molecular weight is 1040 g/mol. The molecule has 4 atom stereocenters. The van der Waals surface area contributed by atoms with Crippen LogP contribution in [0, 0.1) is 6.92 Å². The van der Waals surface area contributed by atoms with E-state index in [1.54, 1.807) is 37.5 Å². The predicted octanol–water partition coefficient (Wildman–Crippen LogP) is 10.6. The number of fused-ring (bicyclic) bond motifs is 2. The summed E-state index contributed by atoms with van der Waals surface area (Å²) in [6.07, 6.45) is 3.20. The van der Waals surface area contributed by atoms with Crippen molar-refractivity contribution in [3.63, 3.8) is 0 Å². The second-order valence-electron chi connectivity index (χ2n) is 21.0. The van der Waals surface area contributed by atoms with Crippen LogP contribution in [0.25, 0.3) is 0 Å². The number of amides is 5. The van der Waals surface area contributed by atoms with Crippen molar-refractivity contribution >= 4 is 40.9 Å². The fourth-order valence-corrected chi connectivity index (χ4v) is 11.5. The smallest absolute Gasteiger partial charge is 0.417 e. The molecule has 0 aromatic heterocycles. The molecule has 0 spiro atoms. The fraction of sp³-hybridized carbons (Fsp3) is 0.508. The molecule has 0 bridgehead atoms. The van der Waals surface area contributed by atoms with E-state index in [1.165, 1.54) is 30.7 Å². The molecular formula is C59H75F3N6O7. The highest BCUT2D eigenvalue weighted by Crippen LogP contribution is 2.46. The van der Waals surface area contributed by atoms with Gasteiger partial charge in [-0.05, 0) is 115 Å². The molecule has 2 fully saturated rings. The van der Waals surface area contributed by atoms with Crippen LogP contribution >= 0.6 is 0 Å². The molecule has 2 aliphatic carbocycles. The number of benzene rings is 4. The van der Waals surface area contributed by atoms with E-state index in [0.717, 1.165) is 61.8 Å². The second-order valence-corrected chi connectivity index (χ2v) is 21.0. The van der Waals surface area contributed by atoms with Crippen LogP contribution in [0.4, 0.5) is 24.5 Å². The first-order chi connectivity index (χ1) is 35.7. The number of rotatable bonds is 14. The molecule has 4 aromatic rings. The minimum atomic E-state index is -4.83. The summed E-state index contributed by atoms with van der Waals surface area (Å²) in [4.78, 5) is 72.8. The van der Waals surface area contributed by atoms with Gasteiger partial charge in [-0.3, -0.25) is 24.0 Å². The van der Waals surface area contributed by atoms with Crippen molar-refractivity contribution in [3.8, 4) is 11.5 Å². The number of nitrogens with two attached hydrogens (primary N) is 1. The van der Waals surface area contributed by atoms with Gasteiger partial charge in [0, 0.05) is 75.2 Å². The van der Waals surface area contributed by atoms with E-state index in [-0.39, 0.29) is 73.2 Å². The van der Waals surface area contributed by atoms with Gasteiger partial charge in [0.2, 0.25) is 5.91 Å². The first-order valence-electron chi connectivity index (χ1n) is 26.8. The van der Waals surface area contributed by atoms with Crippen molar-refractivity contribution in [2.75, 3.05) is 49.1 Å². The molecule has 5 amide bonds. The van der Waals surface area contributed by atoms with Gasteiger partial charge in [-0.2, -0.15) is 13.2 Å². The Labute approximate surface area is 440 Å². The van der Waals surface area contributed by atoms with Crippen LogP contribution in [0.5, 0.6) is 11.5 Å². The molecule has 2 heterocycles. The number of anilines is 2. The van der Waals surface area contributed by atoms with Crippen molar-refractivity contribution in [1.82, 2.24) is 15.1 Å². The Kier molecular flexibility index (Phi) is 17.7. The summed E-state index contributed by atoms with van der Waals surface area (Å²) in [6.45, 7) is 15.6. The van der Waals surface area contributed by atoms with Crippen LogP contribution in [0.1, 0.15) is 161 Å². The lowest BCUT2D eigenvalue weighted by Crippen LogP contribution is -2.54. The first-order valence-corrected chi connectivity index (χ1v) is 26.8. The van der Waals surface area contributed by atoms with Gasteiger partial charge in [-0.25, -0.2) is 0 Å². The van der Waals surface area contributed by atoms with Gasteiger partial charge in [0.1, 0.15) is 11.5 Å². The zero-order valence-electron chi connectivity index (χ0n) is 44.9. The van der Waals surface area contributed by atoms with Gasteiger partial charge in [0.05, 0.1) is 22.5 Å². The summed E-state index contributed by atoms with van der Waals surface area (Å²) in [5, 5.41) is 2.69. The van der Waals surface area contributed by atoms with Crippen LogP contribution in [0.15, 0.2) is 84.9 Å².